The first kappa shape index (κ1) is 22.0. The van der Waals surface area contributed by atoms with Gasteiger partial charge in [-0.2, -0.15) is 0 Å². The Morgan fingerprint density at radius 1 is 0.781 bits per heavy atom. The summed E-state index contributed by atoms with van der Waals surface area (Å²) >= 11 is 0. The van der Waals surface area contributed by atoms with Crippen LogP contribution in [0.25, 0.3) is 17.1 Å². The monoisotopic (exact) mass is 423 g/mol. The van der Waals surface area contributed by atoms with Crippen LogP contribution in [0.15, 0.2) is 78.9 Å². The molecule has 0 bridgehead atoms. The molecule has 1 aromatic heterocycles. The number of nitrogens with zero attached hydrogens (tertiary/aromatic N) is 3. The number of hydrogen-bond donors (Lipinski definition) is 0. The maximum Gasteiger partial charge on any atom is 0.168 e. The third-order valence-corrected chi connectivity index (χ3v) is 6.42. The van der Waals surface area contributed by atoms with E-state index in [1.807, 2.05) is 6.07 Å². The third-order valence-electron chi connectivity index (χ3n) is 6.42. The SMILES string of the molecule is CCCCCc1nnc(-c2ccccc2)n1-c1ccc(C(C)(C)c2ccccc2)cc1C. The summed E-state index contributed by atoms with van der Waals surface area (Å²) in [6.07, 6.45) is 4.46. The van der Waals surface area contributed by atoms with E-state index in [1.165, 1.54) is 29.5 Å². The number of rotatable bonds is 8. The van der Waals surface area contributed by atoms with Gasteiger partial charge in [-0.15, -0.1) is 10.2 Å². The normalized spacial score (nSPS) is 11.6. The van der Waals surface area contributed by atoms with Crippen molar-refractivity contribution in [2.75, 3.05) is 0 Å². The van der Waals surface area contributed by atoms with Crippen LogP contribution in [0, 0.1) is 6.92 Å². The zero-order valence-electron chi connectivity index (χ0n) is 19.7. The van der Waals surface area contributed by atoms with Crippen molar-refractivity contribution in [2.45, 2.75) is 58.8 Å². The average Bonchev–Trinajstić information content (AvgIpc) is 3.24. The van der Waals surface area contributed by atoms with Crippen LogP contribution in [0.4, 0.5) is 0 Å². The van der Waals surface area contributed by atoms with Gasteiger partial charge in [-0.05, 0) is 36.1 Å². The summed E-state index contributed by atoms with van der Waals surface area (Å²) in [6.45, 7) is 9.02. The van der Waals surface area contributed by atoms with E-state index in [9.17, 15) is 0 Å². The fourth-order valence-corrected chi connectivity index (χ4v) is 4.36. The topological polar surface area (TPSA) is 30.7 Å². The minimum atomic E-state index is -0.0655. The summed E-state index contributed by atoms with van der Waals surface area (Å²) in [5.74, 6) is 1.95. The second-order valence-electron chi connectivity index (χ2n) is 9.09. The molecule has 0 fully saturated rings. The van der Waals surface area contributed by atoms with Gasteiger partial charge in [-0.25, -0.2) is 0 Å². The lowest BCUT2D eigenvalue weighted by molar-refractivity contribution is 0.639. The van der Waals surface area contributed by atoms with Crippen LogP contribution < -0.4 is 0 Å². The summed E-state index contributed by atoms with van der Waals surface area (Å²) in [5.41, 5.74) is 6.06. The minimum Gasteiger partial charge on any atom is -0.279 e. The third kappa shape index (κ3) is 4.38. The van der Waals surface area contributed by atoms with Crippen molar-refractivity contribution in [2.24, 2.45) is 0 Å². The highest BCUT2D eigenvalue weighted by atomic mass is 15.3. The molecule has 0 unspecified atom stereocenters. The summed E-state index contributed by atoms with van der Waals surface area (Å²) in [7, 11) is 0. The second kappa shape index (κ2) is 9.52. The van der Waals surface area contributed by atoms with E-state index in [2.05, 4.69) is 115 Å². The van der Waals surface area contributed by atoms with Gasteiger partial charge in [-0.1, -0.05) is 106 Å². The molecule has 0 aliphatic carbocycles. The Bertz CT molecular complexity index is 1160. The highest BCUT2D eigenvalue weighted by Crippen LogP contribution is 2.34. The average molecular weight is 424 g/mol. The molecule has 0 aliphatic heterocycles. The van der Waals surface area contributed by atoms with Gasteiger partial charge in [0.15, 0.2) is 5.82 Å². The van der Waals surface area contributed by atoms with Crippen LogP contribution in [0.1, 0.15) is 62.5 Å². The lowest BCUT2D eigenvalue weighted by Crippen LogP contribution is -2.19. The van der Waals surface area contributed by atoms with Crippen LogP contribution >= 0.6 is 0 Å². The molecule has 3 nitrogen and oxygen atoms in total. The van der Waals surface area contributed by atoms with Crippen molar-refractivity contribution in [1.29, 1.82) is 0 Å². The van der Waals surface area contributed by atoms with Crippen molar-refractivity contribution >= 4 is 0 Å². The first-order chi connectivity index (χ1) is 15.5. The Morgan fingerprint density at radius 2 is 1.47 bits per heavy atom. The van der Waals surface area contributed by atoms with Crippen LogP contribution in [0.5, 0.6) is 0 Å². The Balaban J connectivity index is 1.78. The van der Waals surface area contributed by atoms with Crippen molar-refractivity contribution in [3.8, 4) is 17.1 Å². The van der Waals surface area contributed by atoms with E-state index in [1.54, 1.807) is 0 Å². The van der Waals surface area contributed by atoms with Gasteiger partial charge in [0.25, 0.3) is 0 Å². The molecule has 0 N–H and O–H groups in total. The van der Waals surface area contributed by atoms with Crippen LogP contribution in [0.3, 0.4) is 0 Å². The van der Waals surface area contributed by atoms with Crippen LogP contribution in [-0.4, -0.2) is 14.8 Å². The molecule has 0 spiro atoms. The standard InChI is InChI=1S/C29H33N3/c1-5-6-9-18-27-30-31-28(23-14-10-7-11-15-23)32(27)26-20-19-25(21-22(26)2)29(3,4)24-16-12-8-13-17-24/h7-8,10-17,19-21H,5-6,9,18H2,1-4H3. The first-order valence-electron chi connectivity index (χ1n) is 11.7. The maximum absolute atomic E-state index is 4.61. The quantitative estimate of drug-likeness (QED) is 0.278. The lowest BCUT2D eigenvalue weighted by Gasteiger charge is -2.27. The van der Waals surface area contributed by atoms with Crippen molar-refractivity contribution in [3.05, 3.63) is 101 Å². The molecular formula is C29H33N3. The molecule has 32 heavy (non-hydrogen) atoms. The van der Waals surface area contributed by atoms with Gasteiger partial charge in [0.2, 0.25) is 0 Å². The summed E-state index contributed by atoms with van der Waals surface area (Å²) in [6, 6.07) is 27.9. The zero-order valence-corrected chi connectivity index (χ0v) is 19.7. The van der Waals surface area contributed by atoms with Gasteiger partial charge in [-0.3, -0.25) is 4.57 Å². The van der Waals surface area contributed by atoms with Gasteiger partial charge in [0.1, 0.15) is 5.82 Å². The molecule has 3 aromatic carbocycles. The fraction of sp³-hybridized carbons (Fsp3) is 0.310. The molecule has 1 heterocycles. The number of unbranched alkanes of at least 4 members (excludes halogenated alkanes) is 2. The highest BCUT2D eigenvalue weighted by Gasteiger charge is 2.24. The minimum absolute atomic E-state index is 0.0655. The molecule has 0 aliphatic rings. The molecule has 0 atom stereocenters. The molecule has 0 saturated heterocycles. The Hall–Kier alpha value is -3.20. The molecule has 0 amide bonds. The van der Waals surface area contributed by atoms with E-state index in [0.29, 0.717) is 0 Å². The zero-order chi connectivity index (χ0) is 22.6. The second-order valence-corrected chi connectivity index (χ2v) is 9.09. The molecule has 0 saturated carbocycles. The predicted octanol–water partition coefficient (Wildman–Crippen LogP) is 7.30. The predicted molar refractivity (Wildman–Crippen MR) is 133 cm³/mol. The molecule has 4 rings (SSSR count). The Morgan fingerprint density at radius 3 is 2.12 bits per heavy atom. The summed E-state index contributed by atoms with van der Waals surface area (Å²) < 4.78 is 2.26. The molecule has 0 radical (unpaired) electrons. The Labute approximate surface area is 192 Å². The van der Waals surface area contributed by atoms with Crippen LogP contribution in [0.2, 0.25) is 0 Å². The largest absolute Gasteiger partial charge is 0.279 e. The lowest BCUT2D eigenvalue weighted by atomic mass is 9.77. The van der Waals surface area contributed by atoms with E-state index >= 15 is 0 Å². The number of aryl methyl sites for hydroxylation is 2. The number of aromatic nitrogens is 3. The van der Waals surface area contributed by atoms with Crippen LogP contribution in [-0.2, 0) is 11.8 Å². The van der Waals surface area contributed by atoms with E-state index in [4.69, 9.17) is 0 Å². The maximum atomic E-state index is 4.61. The first-order valence-corrected chi connectivity index (χ1v) is 11.7. The van der Waals surface area contributed by atoms with Gasteiger partial charge in [0.05, 0.1) is 5.69 Å². The summed E-state index contributed by atoms with van der Waals surface area (Å²) in [5, 5.41) is 9.23. The fourth-order valence-electron chi connectivity index (χ4n) is 4.36. The van der Waals surface area contributed by atoms with Gasteiger partial charge >= 0.3 is 0 Å². The van der Waals surface area contributed by atoms with Crippen molar-refractivity contribution < 1.29 is 0 Å². The Kier molecular flexibility index (Phi) is 6.55. The summed E-state index contributed by atoms with van der Waals surface area (Å²) in [4.78, 5) is 0. The molecular weight excluding hydrogens is 390 g/mol. The van der Waals surface area contributed by atoms with E-state index in [0.717, 1.165) is 35.7 Å². The van der Waals surface area contributed by atoms with E-state index in [-0.39, 0.29) is 5.41 Å². The highest BCUT2D eigenvalue weighted by molar-refractivity contribution is 5.60. The number of benzene rings is 3. The smallest absolute Gasteiger partial charge is 0.168 e. The van der Waals surface area contributed by atoms with Gasteiger partial charge < -0.3 is 0 Å². The number of hydrogen-bond acceptors (Lipinski definition) is 2. The van der Waals surface area contributed by atoms with Gasteiger partial charge in [0, 0.05) is 17.4 Å². The van der Waals surface area contributed by atoms with Crippen molar-refractivity contribution in [1.82, 2.24) is 14.8 Å². The molecule has 4 aromatic rings. The van der Waals surface area contributed by atoms with Crippen molar-refractivity contribution in [3.63, 3.8) is 0 Å². The molecule has 164 valence electrons. The van der Waals surface area contributed by atoms with E-state index < -0.39 is 0 Å². The molecule has 3 heteroatoms.